The number of rotatable bonds is 11. The Morgan fingerprint density at radius 3 is 2.57 bits per heavy atom. The monoisotopic (exact) mass is 422 g/mol. The van der Waals surface area contributed by atoms with Crippen molar-refractivity contribution < 1.29 is 19.1 Å². The quantitative estimate of drug-likeness (QED) is 0.287. The molecule has 1 atom stereocenters. The van der Waals surface area contributed by atoms with Crippen LogP contribution in [0.15, 0.2) is 0 Å². The molecule has 0 saturated carbocycles. The summed E-state index contributed by atoms with van der Waals surface area (Å²) in [6.45, 7) is 6.66. The molecule has 0 bridgehead atoms. The average molecular weight is 423 g/mol. The van der Waals surface area contributed by atoms with Gasteiger partial charge < -0.3 is 20.5 Å². The Morgan fingerprint density at radius 1 is 1.30 bits per heavy atom. The summed E-state index contributed by atoms with van der Waals surface area (Å²) in [5.74, 6) is 0.875. The molecule has 3 N–H and O–H groups in total. The maximum absolute atomic E-state index is 11.6. The summed E-state index contributed by atoms with van der Waals surface area (Å²) in [6.07, 6.45) is 0.166. The molecule has 0 rings (SSSR count). The summed E-state index contributed by atoms with van der Waals surface area (Å²) in [7, 11) is 6.44. The van der Waals surface area contributed by atoms with E-state index in [0.717, 1.165) is 5.75 Å². The van der Waals surface area contributed by atoms with Crippen LogP contribution >= 0.6 is 52.8 Å². The van der Waals surface area contributed by atoms with Gasteiger partial charge in [-0.05, 0) is 46.8 Å². The molecule has 0 aromatic rings. The summed E-state index contributed by atoms with van der Waals surface area (Å²) in [5, 5.41) is 2.70. The SMILES string of the molecule is CC(C)(C)OC(=O)NCCC(COC(=O)Cl)SSSSCCN. The number of ether oxygens (including phenoxy) is 2. The largest absolute Gasteiger partial charge is 0.452 e. The molecule has 0 aromatic heterocycles. The molecule has 0 aliphatic carbocycles. The minimum Gasteiger partial charge on any atom is -0.452 e. The van der Waals surface area contributed by atoms with Crippen LogP contribution in [0.3, 0.4) is 0 Å². The van der Waals surface area contributed by atoms with Crippen LogP contribution in [0.4, 0.5) is 9.59 Å². The maximum Gasteiger partial charge on any atom is 0.407 e. The number of hydrogen-bond donors (Lipinski definition) is 2. The third kappa shape index (κ3) is 17.0. The number of hydrogen-bond acceptors (Lipinski definition) is 9. The van der Waals surface area contributed by atoms with Gasteiger partial charge in [-0.1, -0.05) is 21.6 Å². The van der Waals surface area contributed by atoms with E-state index in [4.69, 9.17) is 26.8 Å². The first-order valence-corrected chi connectivity index (χ1v) is 12.3. The van der Waals surface area contributed by atoms with Crippen LogP contribution in [0.2, 0.25) is 0 Å². The lowest BCUT2D eigenvalue weighted by molar-refractivity contribution is 0.0526. The van der Waals surface area contributed by atoms with Crippen LogP contribution in [-0.4, -0.2) is 47.8 Å². The van der Waals surface area contributed by atoms with E-state index in [1.807, 2.05) is 0 Å². The van der Waals surface area contributed by atoms with Crippen molar-refractivity contribution in [1.82, 2.24) is 5.32 Å². The van der Waals surface area contributed by atoms with Crippen molar-refractivity contribution in [2.75, 3.05) is 25.4 Å². The fourth-order valence-electron chi connectivity index (χ4n) is 1.14. The smallest absolute Gasteiger partial charge is 0.407 e. The van der Waals surface area contributed by atoms with Gasteiger partial charge in [0.25, 0.3) is 0 Å². The number of nitrogens with two attached hydrogens (primary N) is 1. The topological polar surface area (TPSA) is 90.6 Å². The van der Waals surface area contributed by atoms with Crippen LogP contribution in [0.25, 0.3) is 0 Å². The minimum atomic E-state index is -0.828. The van der Waals surface area contributed by atoms with Gasteiger partial charge in [0.2, 0.25) is 0 Å². The van der Waals surface area contributed by atoms with Gasteiger partial charge in [0, 0.05) is 30.4 Å². The summed E-state index contributed by atoms with van der Waals surface area (Å²) in [4.78, 5) is 22.3. The molecule has 11 heteroatoms. The standard InChI is InChI=1S/C12H23ClN2O4S4/c1-12(2,3)19-11(17)15-6-4-9(8-18-10(13)16)21-23-22-20-7-5-14/h9H,4-8,14H2,1-3H3,(H,15,17). The Morgan fingerprint density at radius 2 is 2.00 bits per heavy atom. The fourth-order valence-corrected chi connectivity index (χ4v) is 7.56. The first-order chi connectivity index (χ1) is 10.7. The average Bonchev–Trinajstić information content (AvgIpc) is 2.41. The molecule has 1 amide bonds. The molecule has 0 heterocycles. The van der Waals surface area contributed by atoms with Gasteiger partial charge >= 0.3 is 11.5 Å². The lowest BCUT2D eigenvalue weighted by Gasteiger charge is -2.20. The zero-order valence-electron chi connectivity index (χ0n) is 13.3. The highest BCUT2D eigenvalue weighted by Crippen LogP contribution is 2.45. The lowest BCUT2D eigenvalue weighted by Crippen LogP contribution is -2.34. The summed E-state index contributed by atoms with van der Waals surface area (Å²) < 4.78 is 9.99. The highest BCUT2D eigenvalue weighted by Gasteiger charge is 2.17. The Hall–Kier alpha value is 0.390. The minimum absolute atomic E-state index is 0.0172. The van der Waals surface area contributed by atoms with E-state index in [0.29, 0.717) is 19.5 Å². The van der Waals surface area contributed by atoms with E-state index in [1.54, 1.807) is 62.0 Å². The highest BCUT2D eigenvalue weighted by atomic mass is 35.5. The third-order valence-corrected chi connectivity index (χ3v) is 8.94. The molecule has 0 radical (unpaired) electrons. The normalized spacial score (nSPS) is 12.6. The van der Waals surface area contributed by atoms with E-state index in [9.17, 15) is 9.59 Å². The molecule has 0 fully saturated rings. The van der Waals surface area contributed by atoms with Crippen molar-refractivity contribution in [2.24, 2.45) is 5.73 Å². The molecule has 6 nitrogen and oxygen atoms in total. The third-order valence-electron chi connectivity index (χ3n) is 1.97. The second kappa shape index (κ2) is 13.7. The van der Waals surface area contributed by atoms with Gasteiger partial charge in [0.1, 0.15) is 12.2 Å². The number of amides is 1. The van der Waals surface area contributed by atoms with Gasteiger partial charge in [-0.2, -0.15) is 0 Å². The van der Waals surface area contributed by atoms with Crippen LogP contribution in [-0.2, 0) is 9.47 Å². The summed E-state index contributed by atoms with van der Waals surface area (Å²) in [6, 6.07) is 0. The van der Waals surface area contributed by atoms with E-state index in [2.05, 4.69) is 5.32 Å². The molecule has 136 valence electrons. The number of nitrogens with one attached hydrogen (secondary N) is 1. The molecule has 23 heavy (non-hydrogen) atoms. The van der Waals surface area contributed by atoms with Crippen molar-refractivity contribution in [3.8, 4) is 0 Å². The van der Waals surface area contributed by atoms with Crippen molar-refractivity contribution in [1.29, 1.82) is 0 Å². The number of carbonyl (C=O) groups is 2. The number of alkyl carbamates (subject to hydrolysis) is 1. The number of carbonyl (C=O) groups excluding carboxylic acids is 2. The first-order valence-electron chi connectivity index (χ1n) is 6.85. The van der Waals surface area contributed by atoms with Gasteiger partial charge in [-0.15, -0.1) is 0 Å². The highest BCUT2D eigenvalue weighted by molar-refractivity contribution is 9.26. The molecular formula is C12H23ClN2O4S4. The van der Waals surface area contributed by atoms with Crippen molar-refractivity contribution in [3.63, 3.8) is 0 Å². The lowest BCUT2D eigenvalue weighted by atomic mass is 10.2. The van der Waals surface area contributed by atoms with Gasteiger partial charge in [-0.25, -0.2) is 9.59 Å². The van der Waals surface area contributed by atoms with E-state index >= 15 is 0 Å². The van der Waals surface area contributed by atoms with Crippen LogP contribution < -0.4 is 11.1 Å². The van der Waals surface area contributed by atoms with E-state index in [1.165, 1.54) is 0 Å². The molecule has 0 aliphatic rings. The Kier molecular flexibility index (Phi) is 13.9. The maximum atomic E-state index is 11.6. The van der Waals surface area contributed by atoms with Crippen molar-refractivity contribution in [2.45, 2.75) is 38.0 Å². The Bertz CT molecular complexity index is 358. The molecule has 0 saturated heterocycles. The van der Waals surface area contributed by atoms with Gasteiger partial charge in [0.05, 0.1) is 5.25 Å². The molecule has 0 aliphatic heterocycles. The Labute approximate surface area is 157 Å². The summed E-state index contributed by atoms with van der Waals surface area (Å²) >= 11 is 5.19. The van der Waals surface area contributed by atoms with Gasteiger partial charge in [0.15, 0.2) is 0 Å². The van der Waals surface area contributed by atoms with Crippen LogP contribution in [0.1, 0.15) is 27.2 Å². The zero-order valence-corrected chi connectivity index (χ0v) is 17.4. The second-order valence-corrected chi connectivity index (χ2v) is 11.9. The molecule has 0 aromatic carbocycles. The molecular weight excluding hydrogens is 400 g/mol. The van der Waals surface area contributed by atoms with Gasteiger partial charge in [-0.3, -0.25) is 0 Å². The van der Waals surface area contributed by atoms with Crippen LogP contribution in [0, 0.1) is 0 Å². The van der Waals surface area contributed by atoms with Crippen LogP contribution in [0.5, 0.6) is 0 Å². The van der Waals surface area contributed by atoms with E-state index < -0.39 is 17.1 Å². The fraction of sp³-hybridized carbons (Fsp3) is 0.833. The predicted octanol–water partition coefficient (Wildman–Crippen LogP) is 4.28. The summed E-state index contributed by atoms with van der Waals surface area (Å²) in [5.41, 5.74) is 4.06. The number of halogens is 1. The predicted molar refractivity (Wildman–Crippen MR) is 104 cm³/mol. The van der Waals surface area contributed by atoms with E-state index in [-0.39, 0.29) is 11.9 Å². The second-order valence-electron chi connectivity index (χ2n) is 5.23. The molecule has 1 unspecified atom stereocenters. The van der Waals surface area contributed by atoms with Crippen molar-refractivity contribution >= 4 is 64.4 Å². The Balaban J connectivity index is 4.04. The zero-order chi connectivity index (χ0) is 17.7. The molecule has 0 spiro atoms. The van der Waals surface area contributed by atoms with Crippen molar-refractivity contribution in [3.05, 3.63) is 0 Å². The first kappa shape index (κ1) is 23.4.